The summed E-state index contributed by atoms with van der Waals surface area (Å²) >= 11 is 0. The number of likely N-dealkylation sites (tertiary alicyclic amines) is 1. The molecule has 21 heavy (non-hydrogen) atoms. The van der Waals surface area contributed by atoms with E-state index < -0.39 is 0 Å². The number of pyridine rings is 2. The number of hydrogen-bond donors (Lipinski definition) is 0. The molecular formula is C17H19N3O. The van der Waals surface area contributed by atoms with Gasteiger partial charge in [0.05, 0.1) is 11.3 Å². The van der Waals surface area contributed by atoms with E-state index in [4.69, 9.17) is 0 Å². The number of amides is 1. The molecular weight excluding hydrogens is 262 g/mol. The molecule has 0 spiro atoms. The first-order chi connectivity index (χ1) is 10.2. The van der Waals surface area contributed by atoms with Crippen molar-refractivity contribution in [2.45, 2.75) is 19.8 Å². The summed E-state index contributed by atoms with van der Waals surface area (Å²) in [4.78, 5) is 22.8. The smallest absolute Gasteiger partial charge is 0.255 e. The Labute approximate surface area is 124 Å². The van der Waals surface area contributed by atoms with Crippen LogP contribution in [0.25, 0.3) is 11.3 Å². The molecule has 0 atom stereocenters. The summed E-state index contributed by atoms with van der Waals surface area (Å²) < 4.78 is 0. The van der Waals surface area contributed by atoms with Crippen molar-refractivity contribution in [1.29, 1.82) is 0 Å². The highest BCUT2D eigenvalue weighted by Crippen LogP contribution is 2.19. The third-order valence-electron chi connectivity index (χ3n) is 4.04. The number of carbonyl (C=O) groups excluding carboxylic acids is 1. The maximum Gasteiger partial charge on any atom is 0.255 e. The minimum atomic E-state index is 0.0899. The monoisotopic (exact) mass is 281 g/mol. The molecule has 0 N–H and O–H groups in total. The van der Waals surface area contributed by atoms with Gasteiger partial charge >= 0.3 is 0 Å². The standard InChI is InChI=1S/C17H19N3O/c1-13-6-9-20(10-7-13)17(21)15-4-5-16(19-12-15)14-3-2-8-18-11-14/h2-5,8,11-13H,6-7,9-10H2,1H3. The Morgan fingerprint density at radius 3 is 2.62 bits per heavy atom. The van der Waals surface area contributed by atoms with E-state index in [9.17, 15) is 4.79 Å². The zero-order valence-corrected chi connectivity index (χ0v) is 12.2. The molecule has 1 fully saturated rings. The molecule has 0 aliphatic carbocycles. The summed E-state index contributed by atoms with van der Waals surface area (Å²) in [5, 5.41) is 0. The third kappa shape index (κ3) is 3.10. The van der Waals surface area contributed by atoms with Gasteiger partial charge in [-0.15, -0.1) is 0 Å². The summed E-state index contributed by atoms with van der Waals surface area (Å²) in [6.45, 7) is 3.95. The van der Waals surface area contributed by atoms with Gasteiger partial charge in [-0.2, -0.15) is 0 Å². The summed E-state index contributed by atoms with van der Waals surface area (Å²) in [5.74, 6) is 0.812. The lowest BCUT2D eigenvalue weighted by atomic mass is 9.99. The molecule has 4 nitrogen and oxygen atoms in total. The molecule has 0 aromatic carbocycles. The van der Waals surface area contributed by atoms with Gasteiger partial charge in [-0.3, -0.25) is 14.8 Å². The van der Waals surface area contributed by atoms with Gasteiger partial charge in [0.2, 0.25) is 0 Å². The van der Waals surface area contributed by atoms with Crippen molar-refractivity contribution in [3.05, 3.63) is 48.4 Å². The Kier molecular flexibility index (Phi) is 3.95. The zero-order valence-electron chi connectivity index (χ0n) is 12.2. The van der Waals surface area contributed by atoms with Crippen molar-refractivity contribution < 1.29 is 4.79 Å². The van der Waals surface area contributed by atoms with Crippen LogP contribution in [0.2, 0.25) is 0 Å². The van der Waals surface area contributed by atoms with Gasteiger partial charge in [0.1, 0.15) is 0 Å². The summed E-state index contributed by atoms with van der Waals surface area (Å²) in [7, 11) is 0. The Morgan fingerprint density at radius 1 is 1.19 bits per heavy atom. The average Bonchev–Trinajstić information content (AvgIpc) is 2.56. The van der Waals surface area contributed by atoms with Gasteiger partial charge in [-0.25, -0.2) is 0 Å². The van der Waals surface area contributed by atoms with Gasteiger partial charge in [-0.1, -0.05) is 6.92 Å². The Bertz CT molecular complexity index is 602. The molecule has 0 bridgehead atoms. The molecule has 0 unspecified atom stereocenters. The fourth-order valence-electron chi connectivity index (χ4n) is 2.60. The maximum atomic E-state index is 12.4. The molecule has 1 aliphatic rings. The van der Waals surface area contributed by atoms with Crippen molar-refractivity contribution in [3.63, 3.8) is 0 Å². The van der Waals surface area contributed by atoms with Crippen LogP contribution in [0.4, 0.5) is 0 Å². The predicted molar refractivity (Wildman–Crippen MR) is 81.8 cm³/mol. The molecule has 0 radical (unpaired) electrons. The van der Waals surface area contributed by atoms with Crippen LogP contribution in [0, 0.1) is 5.92 Å². The highest BCUT2D eigenvalue weighted by Gasteiger charge is 2.21. The highest BCUT2D eigenvalue weighted by atomic mass is 16.2. The number of rotatable bonds is 2. The zero-order chi connectivity index (χ0) is 14.7. The number of carbonyl (C=O) groups is 1. The molecule has 0 saturated carbocycles. The second kappa shape index (κ2) is 6.04. The average molecular weight is 281 g/mol. The highest BCUT2D eigenvalue weighted by molar-refractivity contribution is 5.94. The van der Waals surface area contributed by atoms with Crippen molar-refractivity contribution in [1.82, 2.24) is 14.9 Å². The maximum absolute atomic E-state index is 12.4. The van der Waals surface area contributed by atoms with Crippen molar-refractivity contribution in [2.75, 3.05) is 13.1 Å². The Balaban J connectivity index is 1.73. The number of hydrogen-bond acceptors (Lipinski definition) is 3. The number of nitrogens with zero attached hydrogens (tertiary/aromatic N) is 3. The van der Waals surface area contributed by atoms with Crippen LogP contribution in [-0.2, 0) is 0 Å². The largest absolute Gasteiger partial charge is 0.339 e. The van der Waals surface area contributed by atoms with Crippen LogP contribution in [0.3, 0.4) is 0 Å². The van der Waals surface area contributed by atoms with E-state index in [2.05, 4.69) is 16.9 Å². The van der Waals surface area contributed by atoms with Crippen LogP contribution < -0.4 is 0 Å². The minimum Gasteiger partial charge on any atom is -0.339 e. The van der Waals surface area contributed by atoms with Gasteiger partial charge < -0.3 is 4.90 Å². The van der Waals surface area contributed by atoms with Crippen LogP contribution in [-0.4, -0.2) is 33.9 Å². The first kappa shape index (κ1) is 13.7. The first-order valence-corrected chi connectivity index (χ1v) is 7.40. The summed E-state index contributed by atoms with van der Waals surface area (Å²) in [6, 6.07) is 7.58. The molecule has 1 amide bonds. The van der Waals surface area contributed by atoms with E-state index >= 15 is 0 Å². The summed E-state index contributed by atoms with van der Waals surface area (Å²) in [5.41, 5.74) is 2.47. The Hall–Kier alpha value is -2.23. The van der Waals surface area contributed by atoms with Crippen molar-refractivity contribution in [3.8, 4) is 11.3 Å². The van der Waals surface area contributed by atoms with Gasteiger partial charge in [-0.05, 0) is 43.0 Å². The number of piperidine rings is 1. The quantitative estimate of drug-likeness (QED) is 0.850. The predicted octanol–water partition coefficient (Wildman–Crippen LogP) is 3.02. The van der Waals surface area contributed by atoms with E-state index in [1.54, 1.807) is 18.6 Å². The van der Waals surface area contributed by atoms with E-state index in [1.165, 1.54) is 0 Å². The van der Waals surface area contributed by atoms with Crippen molar-refractivity contribution >= 4 is 5.91 Å². The molecule has 1 saturated heterocycles. The van der Waals surface area contributed by atoms with E-state index in [1.807, 2.05) is 29.2 Å². The fraction of sp³-hybridized carbons (Fsp3) is 0.353. The molecule has 1 aliphatic heterocycles. The lowest BCUT2D eigenvalue weighted by Gasteiger charge is -2.30. The molecule has 2 aromatic heterocycles. The Morgan fingerprint density at radius 2 is 2.00 bits per heavy atom. The minimum absolute atomic E-state index is 0.0899. The topological polar surface area (TPSA) is 46.1 Å². The lowest BCUT2D eigenvalue weighted by molar-refractivity contribution is 0.0697. The SMILES string of the molecule is CC1CCN(C(=O)c2ccc(-c3cccnc3)nc2)CC1. The van der Waals surface area contributed by atoms with E-state index in [0.717, 1.165) is 43.1 Å². The van der Waals surface area contributed by atoms with Crippen LogP contribution in [0.1, 0.15) is 30.1 Å². The van der Waals surface area contributed by atoms with Crippen LogP contribution >= 0.6 is 0 Å². The lowest BCUT2D eigenvalue weighted by Crippen LogP contribution is -2.37. The normalized spacial score (nSPS) is 16.0. The van der Waals surface area contributed by atoms with Crippen LogP contribution in [0.5, 0.6) is 0 Å². The second-order valence-electron chi connectivity index (χ2n) is 5.65. The van der Waals surface area contributed by atoms with Gasteiger partial charge in [0.15, 0.2) is 0 Å². The second-order valence-corrected chi connectivity index (χ2v) is 5.65. The van der Waals surface area contributed by atoms with Crippen LogP contribution in [0.15, 0.2) is 42.9 Å². The summed E-state index contributed by atoms with van der Waals surface area (Å²) in [6.07, 6.45) is 7.36. The molecule has 2 aromatic rings. The van der Waals surface area contributed by atoms with E-state index in [0.29, 0.717) is 5.56 Å². The fourth-order valence-corrected chi connectivity index (χ4v) is 2.60. The molecule has 3 rings (SSSR count). The van der Waals surface area contributed by atoms with Crippen molar-refractivity contribution in [2.24, 2.45) is 5.92 Å². The molecule has 108 valence electrons. The third-order valence-corrected chi connectivity index (χ3v) is 4.04. The number of aromatic nitrogens is 2. The van der Waals surface area contributed by atoms with E-state index in [-0.39, 0.29) is 5.91 Å². The van der Waals surface area contributed by atoms with Gasteiger partial charge in [0, 0.05) is 37.2 Å². The molecule has 4 heteroatoms. The van der Waals surface area contributed by atoms with Gasteiger partial charge in [0.25, 0.3) is 5.91 Å². The first-order valence-electron chi connectivity index (χ1n) is 7.40. The molecule has 3 heterocycles.